The molecular formula is C19H18N6O3S2. The lowest BCUT2D eigenvalue weighted by atomic mass is 9.95. The first-order chi connectivity index (χ1) is 14.5. The molecule has 1 amide bonds. The normalized spacial score (nSPS) is 17.2. The number of fused-ring (bicyclic) bond motifs is 2. The van der Waals surface area contributed by atoms with Gasteiger partial charge in [-0.05, 0) is 36.8 Å². The Balaban J connectivity index is 1.53. The molecule has 1 unspecified atom stereocenters. The molecule has 0 fully saturated rings. The van der Waals surface area contributed by atoms with Crippen LogP contribution in [0.25, 0.3) is 11.4 Å². The summed E-state index contributed by atoms with van der Waals surface area (Å²) in [4.78, 5) is 23.8. The maximum atomic E-state index is 11.8. The van der Waals surface area contributed by atoms with Crippen LogP contribution in [-0.4, -0.2) is 25.7 Å². The Hall–Kier alpha value is -2.92. The van der Waals surface area contributed by atoms with E-state index in [1.165, 1.54) is 35.2 Å². The number of carbonyl (C=O) groups excluding carboxylic acids is 1. The van der Waals surface area contributed by atoms with Crippen molar-refractivity contribution in [2.24, 2.45) is 0 Å². The van der Waals surface area contributed by atoms with Gasteiger partial charge in [0.25, 0.3) is 5.69 Å². The number of non-ortho nitro benzene ring substituents is 1. The summed E-state index contributed by atoms with van der Waals surface area (Å²) < 4.78 is 1.83. The molecular weight excluding hydrogens is 424 g/mol. The third kappa shape index (κ3) is 3.23. The number of hydrogen-bond acceptors (Lipinski definition) is 8. The van der Waals surface area contributed by atoms with Gasteiger partial charge in [0, 0.05) is 23.9 Å². The third-order valence-corrected chi connectivity index (χ3v) is 7.47. The van der Waals surface area contributed by atoms with Crippen LogP contribution in [0.15, 0.2) is 29.4 Å². The van der Waals surface area contributed by atoms with Crippen LogP contribution < -0.4 is 10.7 Å². The third-order valence-electron chi connectivity index (χ3n) is 5.17. The molecule has 0 radical (unpaired) electrons. The fourth-order valence-corrected chi connectivity index (χ4v) is 6.18. The Labute approximate surface area is 180 Å². The molecule has 2 aliphatic rings. The van der Waals surface area contributed by atoms with Crippen molar-refractivity contribution in [3.05, 3.63) is 50.4 Å². The molecule has 5 rings (SSSR count). The zero-order valence-electron chi connectivity index (χ0n) is 16.0. The second-order valence-electron chi connectivity index (χ2n) is 7.22. The number of nitro groups is 1. The number of hydrogen-bond donors (Lipinski definition) is 2. The second-order valence-corrected chi connectivity index (χ2v) is 9.39. The summed E-state index contributed by atoms with van der Waals surface area (Å²) in [5.41, 5.74) is 6.37. The van der Waals surface area contributed by atoms with E-state index in [0.29, 0.717) is 11.0 Å². The molecule has 1 atom stereocenters. The number of anilines is 1. The number of aromatic nitrogens is 3. The number of aryl methyl sites for hydroxylation is 1. The molecule has 3 aromatic rings. The van der Waals surface area contributed by atoms with Gasteiger partial charge >= 0.3 is 0 Å². The molecule has 0 saturated carbocycles. The molecule has 2 aromatic heterocycles. The zero-order chi connectivity index (χ0) is 20.8. The van der Waals surface area contributed by atoms with Gasteiger partial charge in [-0.15, -0.1) is 21.5 Å². The minimum Gasteiger partial charge on any atom is -0.317 e. The van der Waals surface area contributed by atoms with Crippen molar-refractivity contribution in [1.29, 1.82) is 0 Å². The number of amides is 1. The van der Waals surface area contributed by atoms with Gasteiger partial charge in [0.2, 0.25) is 11.1 Å². The van der Waals surface area contributed by atoms with Crippen LogP contribution in [-0.2, 0) is 17.6 Å². The molecule has 1 aliphatic heterocycles. The van der Waals surface area contributed by atoms with Crippen molar-refractivity contribution in [2.75, 3.05) is 10.7 Å². The van der Waals surface area contributed by atoms with E-state index in [1.807, 2.05) is 10.7 Å². The van der Waals surface area contributed by atoms with Crippen molar-refractivity contribution in [2.45, 2.75) is 43.1 Å². The van der Waals surface area contributed by atoms with E-state index in [4.69, 9.17) is 0 Å². The van der Waals surface area contributed by atoms with Crippen LogP contribution in [0.2, 0.25) is 0 Å². The first kappa shape index (κ1) is 19.1. The van der Waals surface area contributed by atoms with E-state index in [2.05, 4.69) is 20.9 Å². The summed E-state index contributed by atoms with van der Waals surface area (Å²) in [6.07, 6.45) is 4.21. The van der Waals surface area contributed by atoms with Gasteiger partial charge < -0.3 is 10.7 Å². The molecule has 3 heterocycles. The lowest BCUT2D eigenvalue weighted by molar-refractivity contribution is -0.384. The molecule has 1 aromatic carbocycles. The molecule has 9 nitrogen and oxygen atoms in total. The first-order valence-corrected chi connectivity index (χ1v) is 11.3. The van der Waals surface area contributed by atoms with Crippen LogP contribution in [0.1, 0.15) is 41.1 Å². The minimum absolute atomic E-state index is 0.0534. The van der Waals surface area contributed by atoms with E-state index in [-0.39, 0.29) is 17.0 Å². The van der Waals surface area contributed by atoms with E-state index in [9.17, 15) is 14.9 Å². The predicted octanol–water partition coefficient (Wildman–Crippen LogP) is 4.10. The Bertz CT molecular complexity index is 1170. The van der Waals surface area contributed by atoms with Gasteiger partial charge in [-0.2, -0.15) is 0 Å². The summed E-state index contributed by atoms with van der Waals surface area (Å²) in [5.74, 6) is 0.543. The Morgan fingerprint density at radius 2 is 2.17 bits per heavy atom. The van der Waals surface area contributed by atoms with Crippen molar-refractivity contribution in [1.82, 2.24) is 14.9 Å². The average Bonchev–Trinajstić information content (AvgIpc) is 3.40. The number of carbonyl (C=O) groups is 1. The molecule has 1 aliphatic carbocycles. The predicted molar refractivity (Wildman–Crippen MR) is 115 cm³/mol. The maximum absolute atomic E-state index is 11.8. The van der Waals surface area contributed by atoms with Crippen LogP contribution >= 0.6 is 23.1 Å². The van der Waals surface area contributed by atoms with Gasteiger partial charge in [0.15, 0.2) is 5.82 Å². The largest absolute Gasteiger partial charge is 0.317 e. The molecule has 0 saturated heterocycles. The summed E-state index contributed by atoms with van der Waals surface area (Å²) >= 11 is 3.07. The highest BCUT2D eigenvalue weighted by molar-refractivity contribution is 7.99. The monoisotopic (exact) mass is 442 g/mol. The van der Waals surface area contributed by atoms with Crippen LogP contribution in [0.5, 0.6) is 0 Å². The number of thioether (sulfide) groups is 1. The fourth-order valence-electron chi connectivity index (χ4n) is 3.87. The molecule has 154 valence electrons. The summed E-state index contributed by atoms with van der Waals surface area (Å²) in [6, 6.07) is 6.58. The molecule has 0 bridgehead atoms. The molecule has 2 N–H and O–H groups in total. The van der Waals surface area contributed by atoms with E-state index in [0.717, 1.165) is 41.8 Å². The van der Waals surface area contributed by atoms with Gasteiger partial charge in [0.1, 0.15) is 10.4 Å². The second kappa shape index (κ2) is 7.40. The highest BCUT2D eigenvalue weighted by Crippen LogP contribution is 2.46. The van der Waals surface area contributed by atoms with Gasteiger partial charge in [-0.3, -0.25) is 14.9 Å². The first-order valence-electron chi connectivity index (χ1n) is 9.56. The standard InChI is InChI=1S/C19H18N6O3S2/c1-10(26)20-18-15(13-7-2-3-8-14(13)29-18)16-21-22-19-24(16)23-17(30-19)11-5-4-6-12(9-11)25(27)28/h4-6,9,17,23H,2-3,7-8H2,1H3,(H,20,26). The van der Waals surface area contributed by atoms with Gasteiger partial charge in [-0.25, -0.2) is 4.68 Å². The number of thiophene rings is 1. The maximum Gasteiger partial charge on any atom is 0.269 e. The summed E-state index contributed by atoms with van der Waals surface area (Å²) in [5, 5.41) is 24.1. The zero-order valence-corrected chi connectivity index (χ0v) is 17.7. The van der Waals surface area contributed by atoms with Gasteiger partial charge in [-0.1, -0.05) is 23.9 Å². The van der Waals surface area contributed by atoms with Crippen molar-refractivity contribution in [3.8, 4) is 11.4 Å². The number of nitrogens with zero attached hydrogens (tertiary/aromatic N) is 4. The Morgan fingerprint density at radius 3 is 2.97 bits per heavy atom. The van der Waals surface area contributed by atoms with Crippen LogP contribution in [0.3, 0.4) is 0 Å². The molecule has 0 spiro atoms. The van der Waals surface area contributed by atoms with E-state index >= 15 is 0 Å². The molecule has 11 heteroatoms. The van der Waals surface area contributed by atoms with Crippen LogP contribution in [0, 0.1) is 10.1 Å². The summed E-state index contributed by atoms with van der Waals surface area (Å²) in [7, 11) is 0. The summed E-state index contributed by atoms with van der Waals surface area (Å²) in [6.45, 7) is 1.50. The lowest BCUT2D eigenvalue weighted by Gasteiger charge is -2.15. The fraction of sp³-hybridized carbons (Fsp3) is 0.316. The SMILES string of the molecule is CC(=O)Nc1sc2c(c1-c1nnc3n1NC(c1cccc([N+](=O)[O-])c1)S3)CCCC2. The number of nitro benzene ring substituents is 1. The lowest BCUT2D eigenvalue weighted by Crippen LogP contribution is -2.15. The van der Waals surface area contributed by atoms with Crippen LogP contribution in [0.4, 0.5) is 10.7 Å². The number of nitrogens with one attached hydrogen (secondary N) is 2. The topological polar surface area (TPSA) is 115 Å². The highest BCUT2D eigenvalue weighted by Gasteiger charge is 2.32. The highest BCUT2D eigenvalue weighted by atomic mass is 32.2. The quantitative estimate of drug-likeness (QED) is 0.462. The van der Waals surface area contributed by atoms with Crippen molar-refractivity contribution in [3.63, 3.8) is 0 Å². The van der Waals surface area contributed by atoms with Gasteiger partial charge in [0.05, 0.1) is 10.5 Å². The smallest absolute Gasteiger partial charge is 0.269 e. The van der Waals surface area contributed by atoms with E-state index in [1.54, 1.807) is 23.5 Å². The minimum atomic E-state index is -0.397. The van der Waals surface area contributed by atoms with E-state index < -0.39 is 4.92 Å². The number of benzene rings is 1. The average molecular weight is 443 g/mol. The molecule has 30 heavy (non-hydrogen) atoms. The van der Waals surface area contributed by atoms with Crippen molar-refractivity contribution >= 4 is 39.7 Å². The Morgan fingerprint density at radius 1 is 1.33 bits per heavy atom. The van der Waals surface area contributed by atoms with Crippen molar-refractivity contribution < 1.29 is 9.72 Å². The number of rotatable bonds is 4. The Kier molecular flexibility index (Phi) is 4.70.